The van der Waals surface area contributed by atoms with Crippen LogP contribution in [0.5, 0.6) is 0 Å². The third-order valence-corrected chi connectivity index (χ3v) is 6.06. The number of halogens is 1. The Morgan fingerprint density at radius 2 is 1.55 bits per heavy atom. The number of rotatable bonds is 5. The monoisotopic (exact) mass is 406 g/mol. The van der Waals surface area contributed by atoms with Gasteiger partial charge in [-0.2, -0.15) is 0 Å². The first-order valence-corrected chi connectivity index (χ1v) is 10.6. The molecule has 3 nitrogen and oxygen atoms in total. The predicted molar refractivity (Wildman–Crippen MR) is 120 cm³/mol. The van der Waals surface area contributed by atoms with E-state index in [1.807, 2.05) is 24.3 Å². The van der Waals surface area contributed by atoms with Crippen molar-refractivity contribution in [1.82, 2.24) is 4.90 Å². The van der Waals surface area contributed by atoms with Gasteiger partial charge in [0.25, 0.3) is 0 Å². The van der Waals surface area contributed by atoms with Gasteiger partial charge in [-0.1, -0.05) is 83.9 Å². The van der Waals surface area contributed by atoms with Crippen molar-refractivity contribution >= 4 is 11.6 Å². The minimum absolute atomic E-state index is 0.140. The first-order chi connectivity index (χ1) is 14.0. The SMILES string of the molecule is Cc1cccc(C[N+]2([O-])CCN([C@@H](c3ccccc3)c3ccc(Cl)cc3)CC2)c1. The number of aryl methyl sites for hydroxylation is 1. The lowest BCUT2D eigenvalue weighted by molar-refractivity contribution is -0.898. The van der Waals surface area contributed by atoms with Crippen molar-refractivity contribution in [3.63, 3.8) is 0 Å². The number of hydrogen-bond acceptors (Lipinski definition) is 2. The van der Waals surface area contributed by atoms with E-state index < -0.39 is 0 Å². The lowest BCUT2D eigenvalue weighted by Crippen LogP contribution is -2.56. The van der Waals surface area contributed by atoms with Crippen molar-refractivity contribution < 1.29 is 4.65 Å². The molecule has 0 saturated carbocycles. The van der Waals surface area contributed by atoms with Crippen LogP contribution in [0.3, 0.4) is 0 Å². The zero-order chi connectivity index (χ0) is 20.3. The molecule has 1 aliphatic heterocycles. The molecule has 150 valence electrons. The van der Waals surface area contributed by atoms with E-state index in [0.717, 1.165) is 23.7 Å². The van der Waals surface area contributed by atoms with E-state index in [4.69, 9.17) is 11.6 Å². The number of hydrogen-bond donors (Lipinski definition) is 0. The van der Waals surface area contributed by atoms with E-state index in [2.05, 4.69) is 66.4 Å². The topological polar surface area (TPSA) is 26.3 Å². The summed E-state index contributed by atoms with van der Waals surface area (Å²) in [5.41, 5.74) is 4.80. The zero-order valence-corrected chi connectivity index (χ0v) is 17.6. The van der Waals surface area contributed by atoms with Crippen LogP contribution in [0, 0.1) is 12.1 Å². The molecule has 29 heavy (non-hydrogen) atoms. The van der Waals surface area contributed by atoms with E-state index in [9.17, 15) is 5.21 Å². The smallest absolute Gasteiger partial charge is 0.104 e. The Kier molecular flexibility index (Phi) is 6.02. The van der Waals surface area contributed by atoms with Crippen LogP contribution in [0.25, 0.3) is 0 Å². The first-order valence-electron chi connectivity index (χ1n) is 10.2. The van der Waals surface area contributed by atoms with E-state index in [-0.39, 0.29) is 10.7 Å². The molecule has 1 fully saturated rings. The molecular formula is C25H27ClN2O. The summed E-state index contributed by atoms with van der Waals surface area (Å²) in [6, 6.07) is 27.1. The van der Waals surface area contributed by atoms with Gasteiger partial charge in [-0.05, 0) is 30.2 Å². The summed E-state index contributed by atoms with van der Waals surface area (Å²) in [4.78, 5) is 2.43. The molecule has 4 rings (SSSR count). The molecule has 0 radical (unpaired) electrons. The maximum atomic E-state index is 13.4. The van der Waals surface area contributed by atoms with Gasteiger partial charge in [-0.3, -0.25) is 4.90 Å². The Hall–Kier alpha value is -2.17. The highest BCUT2D eigenvalue weighted by Gasteiger charge is 2.31. The summed E-state index contributed by atoms with van der Waals surface area (Å²) >= 11 is 6.12. The summed E-state index contributed by atoms with van der Waals surface area (Å²) in [7, 11) is 0. The van der Waals surface area contributed by atoms with E-state index in [0.29, 0.717) is 19.6 Å². The molecule has 0 unspecified atom stereocenters. The number of quaternary nitrogens is 1. The van der Waals surface area contributed by atoms with Gasteiger partial charge in [0, 0.05) is 23.7 Å². The number of nitrogens with zero attached hydrogens (tertiary/aromatic N) is 2. The maximum Gasteiger partial charge on any atom is 0.104 e. The van der Waals surface area contributed by atoms with Gasteiger partial charge < -0.3 is 9.85 Å². The van der Waals surface area contributed by atoms with Crippen LogP contribution < -0.4 is 0 Å². The van der Waals surface area contributed by atoms with Crippen molar-refractivity contribution in [2.75, 3.05) is 26.2 Å². The molecule has 0 aromatic heterocycles. The van der Waals surface area contributed by atoms with Crippen molar-refractivity contribution in [2.45, 2.75) is 19.5 Å². The fraction of sp³-hybridized carbons (Fsp3) is 0.280. The van der Waals surface area contributed by atoms with Gasteiger partial charge in [-0.25, -0.2) is 0 Å². The number of hydroxylamine groups is 3. The first kappa shape index (κ1) is 20.1. The van der Waals surface area contributed by atoms with Gasteiger partial charge in [0.1, 0.15) is 6.54 Å². The van der Waals surface area contributed by atoms with Crippen LogP contribution in [0.15, 0.2) is 78.9 Å². The van der Waals surface area contributed by atoms with Gasteiger partial charge in [0.15, 0.2) is 0 Å². The lowest BCUT2D eigenvalue weighted by atomic mass is 9.96. The standard InChI is InChI=1S/C25H27ClN2O/c1-20-6-5-7-21(18-20)19-28(29)16-14-27(15-17-28)25(22-8-3-2-4-9-22)23-10-12-24(26)13-11-23/h2-13,18,25H,14-17,19H2,1H3/t25-/m0/s1. The highest BCUT2D eigenvalue weighted by atomic mass is 35.5. The summed E-state index contributed by atoms with van der Waals surface area (Å²) in [6.07, 6.45) is 0. The number of benzene rings is 3. The van der Waals surface area contributed by atoms with Gasteiger partial charge in [-0.15, -0.1) is 0 Å². The number of piperazine rings is 1. The van der Waals surface area contributed by atoms with Gasteiger partial charge in [0.2, 0.25) is 0 Å². The quantitative estimate of drug-likeness (QED) is 0.409. The van der Waals surface area contributed by atoms with Crippen LogP contribution >= 0.6 is 11.6 Å². The molecule has 1 atom stereocenters. The second-order valence-electron chi connectivity index (χ2n) is 8.05. The molecule has 1 aliphatic rings. The summed E-state index contributed by atoms with van der Waals surface area (Å²) in [6.45, 7) is 5.38. The Morgan fingerprint density at radius 1 is 0.897 bits per heavy atom. The van der Waals surface area contributed by atoms with Crippen LogP contribution in [0.4, 0.5) is 0 Å². The highest BCUT2D eigenvalue weighted by molar-refractivity contribution is 6.30. The highest BCUT2D eigenvalue weighted by Crippen LogP contribution is 2.31. The molecular weight excluding hydrogens is 380 g/mol. The van der Waals surface area contributed by atoms with Crippen molar-refractivity contribution in [3.8, 4) is 0 Å². The second-order valence-corrected chi connectivity index (χ2v) is 8.49. The third kappa shape index (κ3) is 4.88. The zero-order valence-electron chi connectivity index (χ0n) is 16.8. The van der Waals surface area contributed by atoms with Crippen molar-refractivity contribution in [2.24, 2.45) is 0 Å². The van der Waals surface area contributed by atoms with Gasteiger partial charge in [0.05, 0.1) is 19.1 Å². The van der Waals surface area contributed by atoms with Crippen LogP contribution in [-0.4, -0.2) is 35.7 Å². The average molecular weight is 407 g/mol. The fourth-order valence-electron chi connectivity index (χ4n) is 4.30. The van der Waals surface area contributed by atoms with E-state index in [1.165, 1.54) is 16.7 Å². The maximum absolute atomic E-state index is 13.4. The average Bonchev–Trinajstić information content (AvgIpc) is 2.72. The van der Waals surface area contributed by atoms with Crippen molar-refractivity contribution in [3.05, 3.63) is 111 Å². The molecule has 0 bridgehead atoms. The summed E-state index contributed by atoms with van der Waals surface area (Å²) in [5.74, 6) is 0. The minimum Gasteiger partial charge on any atom is -0.632 e. The molecule has 4 heteroatoms. The predicted octanol–water partition coefficient (Wildman–Crippen LogP) is 5.57. The largest absolute Gasteiger partial charge is 0.632 e. The minimum atomic E-state index is -0.151. The Balaban J connectivity index is 1.53. The normalized spacial score (nSPS) is 17.8. The van der Waals surface area contributed by atoms with Gasteiger partial charge >= 0.3 is 0 Å². The Labute approximate surface area is 178 Å². The molecule has 0 N–H and O–H groups in total. The molecule has 3 aromatic rings. The molecule has 3 aromatic carbocycles. The molecule has 1 heterocycles. The third-order valence-electron chi connectivity index (χ3n) is 5.81. The molecule has 0 amide bonds. The molecule has 0 spiro atoms. The second kappa shape index (κ2) is 8.68. The molecule has 0 aliphatic carbocycles. The van der Waals surface area contributed by atoms with Crippen molar-refractivity contribution in [1.29, 1.82) is 0 Å². The van der Waals surface area contributed by atoms with Crippen LogP contribution in [0.2, 0.25) is 5.02 Å². The Morgan fingerprint density at radius 3 is 2.21 bits per heavy atom. The fourth-order valence-corrected chi connectivity index (χ4v) is 4.43. The van der Waals surface area contributed by atoms with Crippen LogP contribution in [-0.2, 0) is 6.54 Å². The van der Waals surface area contributed by atoms with E-state index >= 15 is 0 Å². The Bertz CT molecular complexity index is 935. The molecule has 1 saturated heterocycles. The van der Waals surface area contributed by atoms with Crippen LogP contribution in [0.1, 0.15) is 28.3 Å². The summed E-state index contributed by atoms with van der Waals surface area (Å²) in [5, 5.41) is 14.1. The lowest BCUT2D eigenvalue weighted by Gasteiger charge is -2.50. The van der Waals surface area contributed by atoms with E-state index in [1.54, 1.807) is 0 Å². The summed E-state index contributed by atoms with van der Waals surface area (Å²) < 4.78 is -0.151.